The van der Waals surface area contributed by atoms with Crippen LogP contribution in [0.3, 0.4) is 0 Å². The number of amides is 2. The third-order valence-corrected chi connectivity index (χ3v) is 4.52. The molecule has 142 valence electrons. The minimum absolute atomic E-state index is 0.00959. The van der Waals surface area contributed by atoms with Gasteiger partial charge in [0.2, 0.25) is 5.91 Å². The van der Waals surface area contributed by atoms with Crippen molar-refractivity contribution in [2.75, 3.05) is 39.3 Å². The zero-order valence-electron chi connectivity index (χ0n) is 15.3. The SMILES string of the molecule is O=C(COc1ccccc1)NCC(=O)N1CCN(Cc2ccccc2)CC1. The van der Waals surface area contributed by atoms with Crippen LogP contribution < -0.4 is 10.1 Å². The molecule has 1 fully saturated rings. The molecule has 0 saturated carbocycles. The molecule has 0 aromatic heterocycles. The number of piperazine rings is 1. The first kappa shape index (κ1) is 18.9. The van der Waals surface area contributed by atoms with Crippen molar-refractivity contribution in [2.45, 2.75) is 6.54 Å². The molecule has 1 N–H and O–H groups in total. The smallest absolute Gasteiger partial charge is 0.258 e. The van der Waals surface area contributed by atoms with Crippen molar-refractivity contribution in [3.63, 3.8) is 0 Å². The first-order valence-corrected chi connectivity index (χ1v) is 9.19. The van der Waals surface area contributed by atoms with E-state index in [0.717, 1.165) is 19.6 Å². The molecule has 0 bridgehead atoms. The lowest BCUT2D eigenvalue weighted by Gasteiger charge is -2.34. The summed E-state index contributed by atoms with van der Waals surface area (Å²) in [7, 11) is 0. The average Bonchev–Trinajstić information content (AvgIpc) is 2.72. The fraction of sp³-hybridized carbons (Fsp3) is 0.333. The highest BCUT2D eigenvalue weighted by Crippen LogP contribution is 2.09. The molecule has 1 aliphatic heterocycles. The molecule has 1 heterocycles. The third kappa shape index (κ3) is 6.11. The Morgan fingerprint density at radius 3 is 2.19 bits per heavy atom. The van der Waals surface area contributed by atoms with E-state index in [4.69, 9.17) is 4.74 Å². The van der Waals surface area contributed by atoms with Crippen LogP contribution in [0.4, 0.5) is 0 Å². The minimum atomic E-state index is -0.296. The molecule has 2 aromatic rings. The summed E-state index contributed by atoms with van der Waals surface area (Å²) in [5.41, 5.74) is 1.28. The Morgan fingerprint density at radius 1 is 0.889 bits per heavy atom. The number of para-hydroxylation sites is 1. The first-order chi connectivity index (χ1) is 13.2. The number of carbonyl (C=O) groups excluding carboxylic acids is 2. The predicted molar refractivity (Wildman–Crippen MR) is 103 cm³/mol. The molecule has 1 aliphatic rings. The van der Waals surface area contributed by atoms with Gasteiger partial charge in [-0.25, -0.2) is 0 Å². The number of nitrogens with one attached hydrogen (secondary N) is 1. The van der Waals surface area contributed by atoms with Gasteiger partial charge in [0.05, 0.1) is 6.54 Å². The maximum atomic E-state index is 12.3. The number of hydrogen-bond acceptors (Lipinski definition) is 4. The predicted octanol–water partition coefficient (Wildman–Crippen LogP) is 1.53. The Labute approximate surface area is 159 Å². The number of nitrogens with zero attached hydrogens (tertiary/aromatic N) is 2. The highest BCUT2D eigenvalue weighted by molar-refractivity contribution is 5.85. The number of ether oxygens (including phenoxy) is 1. The summed E-state index contributed by atoms with van der Waals surface area (Å²) < 4.78 is 5.37. The second-order valence-electron chi connectivity index (χ2n) is 6.52. The Kier molecular flexibility index (Phi) is 6.82. The molecule has 2 aromatic carbocycles. The Hall–Kier alpha value is -2.86. The van der Waals surface area contributed by atoms with E-state index < -0.39 is 0 Å². The number of hydrogen-bond donors (Lipinski definition) is 1. The van der Waals surface area contributed by atoms with Gasteiger partial charge >= 0.3 is 0 Å². The van der Waals surface area contributed by atoms with E-state index in [2.05, 4.69) is 22.3 Å². The van der Waals surface area contributed by atoms with Crippen LogP contribution >= 0.6 is 0 Å². The van der Waals surface area contributed by atoms with Gasteiger partial charge in [0.15, 0.2) is 6.61 Å². The van der Waals surface area contributed by atoms with Gasteiger partial charge in [-0.3, -0.25) is 14.5 Å². The van der Waals surface area contributed by atoms with Crippen LogP contribution in [-0.4, -0.2) is 60.9 Å². The van der Waals surface area contributed by atoms with Crippen molar-refractivity contribution in [2.24, 2.45) is 0 Å². The molecule has 0 radical (unpaired) electrons. The summed E-state index contributed by atoms with van der Waals surface area (Å²) in [6, 6.07) is 19.5. The minimum Gasteiger partial charge on any atom is -0.484 e. The fourth-order valence-corrected chi connectivity index (χ4v) is 3.00. The van der Waals surface area contributed by atoms with Crippen molar-refractivity contribution < 1.29 is 14.3 Å². The molecule has 3 rings (SSSR count). The van der Waals surface area contributed by atoms with Crippen LogP contribution in [0.15, 0.2) is 60.7 Å². The third-order valence-electron chi connectivity index (χ3n) is 4.52. The summed E-state index contributed by atoms with van der Waals surface area (Å²) in [6.45, 7) is 3.86. The van der Waals surface area contributed by atoms with E-state index in [0.29, 0.717) is 18.8 Å². The van der Waals surface area contributed by atoms with E-state index in [9.17, 15) is 9.59 Å². The Morgan fingerprint density at radius 2 is 1.52 bits per heavy atom. The molecule has 0 unspecified atom stereocenters. The van der Waals surface area contributed by atoms with Crippen molar-refractivity contribution in [1.82, 2.24) is 15.1 Å². The fourth-order valence-electron chi connectivity index (χ4n) is 3.00. The zero-order valence-corrected chi connectivity index (χ0v) is 15.3. The van der Waals surface area contributed by atoms with Gasteiger partial charge in [0.25, 0.3) is 5.91 Å². The molecule has 27 heavy (non-hydrogen) atoms. The molecule has 0 atom stereocenters. The monoisotopic (exact) mass is 367 g/mol. The second-order valence-corrected chi connectivity index (χ2v) is 6.52. The van der Waals surface area contributed by atoms with Gasteiger partial charge in [-0.15, -0.1) is 0 Å². The highest BCUT2D eigenvalue weighted by Gasteiger charge is 2.21. The van der Waals surface area contributed by atoms with Gasteiger partial charge in [-0.1, -0.05) is 48.5 Å². The van der Waals surface area contributed by atoms with E-state index in [1.54, 1.807) is 17.0 Å². The molecule has 0 spiro atoms. The van der Waals surface area contributed by atoms with E-state index >= 15 is 0 Å². The molecule has 1 saturated heterocycles. The second kappa shape index (κ2) is 9.73. The molecule has 2 amide bonds. The number of benzene rings is 2. The van der Waals surface area contributed by atoms with Crippen LogP contribution in [-0.2, 0) is 16.1 Å². The molecule has 0 aliphatic carbocycles. The van der Waals surface area contributed by atoms with Crippen molar-refractivity contribution in [1.29, 1.82) is 0 Å². The summed E-state index contributed by atoms with van der Waals surface area (Å²) in [5.74, 6) is 0.283. The lowest BCUT2D eigenvalue weighted by Crippen LogP contribution is -2.51. The summed E-state index contributed by atoms with van der Waals surface area (Å²) in [6.07, 6.45) is 0. The van der Waals surface area contributed by atoms with Crippen molar-refractivity contribution in [3.05, 3.63) is 66.2 Å². The van der Waals surface area contributed by atoms with E-state index in [1.165, 1.54) is 5.56 Å². The lowest BCUT2D eigenvalue weighted by molar-refractivity contribution is -0.134. The van der Waals surface area contributed by atoms with Crippen LogP contribution in [0.2, 0.25) is 0 Å². The van der Waals surface area contributed by atoms with Crippen LogP contribution in [0, 0.1) is 0 Å². The van der Waals surface area contributed by atoms with Crippen molar-refractivity contribution in [3.8, 4) is 5.75 Å². The normalized spacial score (nSPS) is 14.6. The standard InChI is InChI=1S/C21H25N3O3/c25-20(17-27-19-9-5-2-6-10-19)22-15-21(26)24-13-11-23(12-14-24)16-18-7-3-1-4-8-18/h1-10H,11-17H2,(H,22,25). The van der Waals surface area contributed by atoms with Crippen LogP contribution in [0.1, 0.15) is 5.56 Å². The van der Waals surface area contributed by atoms with Gasteiger partial charge in [-0.2, -0.15) is 0 Å². The highest BCUT2D eigenvalue weighted by atomic mass is 16.5. The quantitative estimate of drug-likeness (QED) is 0.806. The molecule has 6 nitrogen and oxygen atoms in total. The Bertz CT molecular complexity index is 729. The maximum Gasteiger partial charge on any atom is 0.258 e. The zero-order chi connectivity index (χ0) is 18.9. The summed E-state index contributed by atoms with van der Waals surface area (Å²) in [5, 5.41) is 2.63. The van der Waals surface area contributed by atoms with Gasteiger partial charge in [0.1, 0.15) is 5.75 Å². The van der Waals surface area contributed by atoms with E-state index in [1.807, 2.05) is 36.4 Å². The van der Waals surface area contributed by atoms with Crippen molar-refractivity contribution >= 4 is 11.8 Å². The summed E-state index contributed by atoms with van der Waals surface area (Å²) in [4.78, 5) is 28.3. The largest absolute Gasteiger partial charge is 0.484 e. The first-order valence-electron chi connectivity index (χ1n) is 9.19. The van der Waals surface area contributed by atoms with Crippen LogP contribution in [0.25, 0.3) is 0 Å². The van der Waals surface area contributed by atoms with E-state index in [-0.39, 0.29) is 25.0 Å². The maximum absolute atomic E-state index is 12.3. The van der Waals surface area contributed by atoms with Gasteiger partial charge in [-0.05, 0) is 17.7 Å². The number of rotatable bonds is 7. The van der Waals surface area contributed by atoms with Gasteiger partial charge < -0.3 is 15.0 Å². The topological polar surface area (TPSA) is 61.9 Å². The number of carbonyl (C=O) groups is 2. The van der Waals surface area contributed by atoms with Crippen LogP contribution in [0.5, 0.6) is 5.75 Å². The Balaban J connectivity index is 1.34. The molecular formula is C21H25N3O3. The van der Waals surface area contributed by atoms with Gasteiger partial charge in [0, 0.05) is 32.7 Å². The average molecular weight is 367 g/mol. The molecule has 6 heteroatoms. The molecular weight excluding hydrogens is 342 g/mol. The summed E-state index contributed by atoms with van der Waals surface area (Å²) >= 11 is 0. The lowest BCUT2D eigenvalue weighted by atomic mass is 10.2.